The largest absolute Gasteiger partial charge is 0.418 e. The molecule has 3 N–H and O–H groups in total. The second-order valence-corrected chi connectivity index (χ2v) is 6.24. The summed E-state index contributed by atoms with van der Waals surface area (Å²) in [6, 6.07) is 2.88. The molecule has 136 valence electrons. The lowest BCUT2D eigenvalue weighted by atomic mass is 10.1. The number of nitrogens with one attached hydrogen (secondary N) is 2. The van der Waals surface area contributed by atoms with Crippen molar-refractivity contribution in [1.82, 2.24) is 5.32 Å². The van der Waals surface area contributed by atoms with Gasteiger partial charge in [-0.1, -0.05) is 13.8 Å². The zero-order valence-corrected chi connectivity index (χ0v) is 14.2. The van der Waals surface area contributed by atoms with Crippen LogP contribution in [0.3, 0.4) is 0 Å². The number of alkyl halides is 3. The molecule has 0 bridgehead atoms. The molecule has 1 aromatic carbocycles. The number of carbonyl (C=O) groups is 1. The van der Waals surface area contributed by atoms with Gasteiger partial charge in [0.15, 0.2) is 0 Å². The van der Waals surface area contributed by atoms with Gasteiger partial charge in [0.25, 0.3) is 0 Å². The number of rotatable bonds is 6. The zero-order chi connectivity index (χ0) is 18.5. The minimum Gasteiger partial charge on any atom is -0.391 e. The number of hydrogen-bond acceptors (Lipinski definition) is 3. The van der Waals surface area contributed by atoms with Crippen molar-refractivity contribution in [2.24, 2.45) is 5.92 Å². The molecule has 5 nitrogen and oxygen atoms in total. The Labute approximate surface area is 139 Å². The van der Waals surface area contributed by atoms with Crippen molar-refractivity contribution in [1.29, 1.82) is 0 Å². The number of aliphatic hydroxyl groups is 1. The molecule has 1 atom stereocenters. The molecular formula is C16H24F3N3O2. The van der Waals surface area contributed by atoms with Crippen LogP contribution in [0.25, 0.3) is 0 Å². The molecule has 0 aliphatic heterocycles. The standard InChI is InChI=1S/C16H24F3N3O2/c1-10(2)7-12(23)9-20-15(24)21-14-6-5-11(22(3)4)8-13(14)16(17,18)19/h5-6,8,10,12,23H,7,9H2,1-4H3,(H2,20,21,24). The summed E-state index contributed by atoms with van der Waals surface area (Å²) in [5.41, 5.74) is -0.879. The van der Waals surface area contributed by atoms with E-state index in [-0.39, 0.29) is 18.2 Å². The second kappa shape index (κ2) is 8.23. The number of urea groups is 1. The smallest absolute Gasteiger partial charge is 0.391 e. The summed E-state index contributed by atoms with van der Waals surface area (Å²) in [4.78, 5) is 13.3. The van der Waals surface area contributed by atoms with Gasteiger partial charge in [-0.25, -0.2) is 4.79 Å². The van der Waals surface area contributed by atoms with Crippen LogP contribution in [-0.4, -0.2) is 37.9 Å². The minimum absolute atomic E-state index is 0.0266. The Morgan fingerprint density at radius 2 is 1.92 bits per heavy atom. The molecule has 8 heteroatoms. The van der Waals surface area contributed by atoms with E-state index < -0.39 is 23.9 Å². The Bertz CT molecular complexity index is 560. The van der Waals surface area contributed by atoms with E-state index in [1.54, 1.807) is 19.0 Å². The van der Waals surface area contributed by atoms with Gasteiger partial charge in [0.2, 0.25) is 0 Å². The van der Waals surface area contributed by atoms with E-state index in [9.17, 15) is 23.1 Å². The number of nitrogens with zero attached hydrogens (tertiary/aromatic N) is 1. The SMILES string of the molecule is CC(C)CC(O)CNC(=O)Nc1ccc(N(C)C)cc1C(F)(F)F. The number of halogens is 3. The van der Waals surface area contributed by atoms with Crippen LogP contribution in [0.4, 0.5) is 29.3 Å². The van der Waals surface area contributed by atoms with Gasteiger partial charge in [-0.15, -0.1) is 0 Å². The maximum Gasteiger partial charge on any atom is 0.418 e. The molecule has 1 rings (SSSR count). The first-order valence-corrected chi connectivity index (χ1v) is 7.62. The van der Waals surface area contributed by atoms with Crippen LogP contribution in [0.1, 0.15) is 25.8 Å². The van der Waals surface area contributed by atoms with E-state index in [0.29, 0.717) is 12.1 Å². The van der Waals surface area contributed by atoms with Crippen molar-refractivity contribution in [3.8, 4) is 0 Å². The van der Waals surface area contributed by atoms with E-state index in [1.165, 1.54) is 12.1 Å². The Hall–Kier alpha value is -1.96. The van der Waals surface area contributed by atoms with Crippen molar-refractivity contribution in [3.05, 3.63) is 23.8 Å². The number of carbonyl (C=O) groups excluding carboxylic acids is 1. The summed E-state index contributed by atoms with van der Waals surface area (Å²) < 4.78 is 39.5. The first kappa shape index (κ1) is 20.1. The molecule has 0 saturated heterocycles. The van der Waals surface area contributed by atoms with Gasteiger partial charge in [0, 0.05) is 26.3 Å². The molecule has 0 fully saturated rings. The number of amides is 2. The Morgan fingerprint density at radius 3 is 2.42 bits per heavy atom. The quantitative estimate of drug-likeness (QED) is 0.740. The van der Waals surface area contributed by atoms with E-state index in [0.717, 1.165) is 6.07 Å². The molecule has 2 amide bonds. The molecule has 1 unspecified atom stereocenters. The topological polar surface area (TPSA) is 64.6 Å². The van der Waals surface area contributed by atoms with Gasteiger partial charge in [-0.05, 0) is 30.5 Å². The molecular weight excluding hydrogens is 323 g/mol. The Balaban J connectivity index is 2.81. The Morgan fingerprint density at radius 1 is 1.29 bits per heavy atom. The van der Waals surface area contributed by atoms with E-state index in [4.69, 9.17) is 0 Å². The first-order chi connectivity index (χ1) is 11.0. The molecule has 0 aromatic heterocycles. The van der Waals surface area contributed by atoms with Gasteiger partial charge in [-0.2, -0.15) is 13.2 Å². The fraction of sp³-hybridized carbons (Fsp3) is 0.562. The van der Waals surface area contributed by atoms with Crippen LogP contribution in [0.2, 0.25) is 0 Å². The molecule has 1 aromatic rings. The van der Waals surface area contributed by atoms with Crippen molar-refractivity contribution >= 4 is 17.4 Å². The van der Waals surface area contributed by atoms with Crippen molar-refractivity contribution < 1.29 is 23.1 Å². The predicted octanol–water partition coefficient (Wildman–Crippen LogP) is 3.30. The number of aliphatic hydroxyl groups excluding tert-OH is 1. The Kier molecular flexibility index (Phi) is 6.89. The number of benzene rings is 1. The van der Waals surface area contributed by atoms with Crippen molar-refractivity contribution in [2.45, 2.75) is 32.5 Å². The van der Waals surface area contributed by atoms with Gasteiger partial charge in [0.1, 0.15) is 0 Å². The third kappa shape index (κ3) is 6.27. The average Bonchev–Trinajstić information content (AvgIpc) is 2.43. The highest BCUT2D eigenvalue weighted by atomic mass is 19.4. The molecule has 0 saturated carbocycles. The van der Waals surface area contributed by atoms with Gasteiger partial charge < -0.3 is 20.6 Å². The van der Waals surface area contributed by atoms with Crippen LogP contribution < -0.4 is 15.5 Å². The van der Waals surface area contributed by atoms with Crippen LogP contribution in [-0.2, 0) is 6.18 Å². The summed E-state index contributed by atoms with van der Waals surface area (Å²) in [5.74, 6) is 0.250. The highest BCUT2D eigenvalue weighted by Crippen LogP contribution is 2.37. The van der Waals surface area contributed by atoms with Crippen LogP contribution >= 0.6 is 0 Å². The molecule has 0 aliphatic rings. The number of hydrogen-bond donors (Lipinski definition) is 3. The van der Waals surface area contributed by atoms with Crippen LogP contribution in [0.5, 0.6) is 0 Å². The van der Waals surface area contributed by atoms with Crippen molar-refractivity contribution in [3.63, 3.8) is 0 Å². The summed E-state index contributed by atoms with van der Waals surface area (Å²) in [6.45, 7) is 3.82. The predicted molar refractivity (Wildman–Crippen MR) is 88.3 cm³/mol. The van der Waals surface area contributed by atoms with E-state index in [2.05, 4.69) is 10.6 Å². The number of anilines is 2. The molecule has 0 aliphatic carbocycles. The molecule has 0 radical (unpaired) electrons. The third-order valence-electron chi connectivity index (χ3n) is 3.31. The second-order valence-electron chi connectivity index (χ2n) is 6.24. The third-order valence-corrected chi connectivity index (χ3v) is 3.31. The molecule has 0 heterocycles. The molecule has 0 spiro atoms. The normalized spacial score (nSPS) is 12.9. The summed E-state index contributed by atoms with van der Waals surface area (Å²) in [7, 11) is 3.26. The lowest BCUT2D eigenvalue weighted by Crippen LogP contribution is -2.36. The maximum absolute atomic E-state index is 13.2. The monoisotopic (exact) mass is 347 g/mol. The van der Waals surface area contributed by atoms with Crippen LogP contribution in [0, 0.1) is 5.92 Å². The van der Waals surface area contributed by atoms with Crippen LogP contribution in [0.15, 0.2) is 18.2 Å². The van der Waals surface area contributed by atoms with Gasteiger partial charge in [-0.3, -0.25) is 0 Å². The fourth-order valence-corrected chi connectivity index (χ4v) is 2.16. The lowest BCUT2D eigenvalue weighted by molar-refractivity contribution is -0.136. The van der Waals surface area contributed by atoms with Gasteiger partial charge in [0.05, 0.1) is 17.4 Å². The first-order valence-electron chi connectivity index (χ1n) is 7.62. The van der Waals surface area contributed by atoms with Crippen molar-refractivity contribution in [2.75, 3.05) is 30.9 Å². The highest BCUT2D eigenvalue weighted by Gasteiger charge is 2.34. The minimum atomic E-state index is -4.59. The summed E-state index contributed by atoms with van der Waals surface area (Å²) in [6.07, 6.45) is -4.84. The fourth-order valence-electron chi connectivity index (χ4n) is 2.16. The molecule has 24 heavy (non-hydrogen) atoms. The summed E-state index contributed by atoms with van der Waals surface area (Å²) >= 11 is 0. The highest BCUT2D eigenvalue weighted by molar-refractivity contribution is 5.90. The van der Waals surface area contributed by atoms with E-state index >= 15 is 0 Å². The zero-order valence-electron chi connectivity index (χ0n) is 14.2. The summed E-state index contributed by atoms with van der Waals surface area (Å²) in [5, 5.41) is 14.3. The maximum atomic E-state index is 13.2. The van der Waals surface area contributed by atoms with Gasteiger partial charge >= 0.3 is 12.2 Å². The average molecular weight is 347 g/mol. The van der Waals surface area contributed by atoms with E-state index in [1.807, 2.05) is 13.8 Å². The lowest BCUT2D eigenvalue weighted by Gasteiger charge is -2.19.